The molecule has 0 spiro atoms. The van der Waals surface area contributed by atoms with E-state index in [1.807, 2.05) is 0 Å². The second kappa shape index (κ2) is 6.17. The van der Waals surface area contributed by atoms with Crippen LogP contribution in [-0.4, -0.2) is 19.9 Å². The Kier molecular flexibility index (Phi) is 4.53. The number of halogens is 1. The third-order valence-corrected chi connectivity index (χ3v) is 4.31. The van der Waals surface area contributed by atoms with Gasteiger partial charge in [-0.05, 0) is 30.2 Å². The van der Waals surface area contributed by atoms with Crippen LogP contribution in [0, 0.1) is 5.82 Å². The average Bonchev–Trinajstić information content (AvgIpc) is 2.90. The van der Waals surface area contributed by atoms with Crippen LogP contribution in [0.15, 0.2) is 41.4 Å². The van der Waals surface area contributed by atoms with Crippen LogP contribution in [0.25, 0.3) is 0 Å². The highest BCUT2D eigenvalue weighted by atomic mass is 32.2. The lowest BCUT2D eigenvalue weighted by atomic mass is 10.1. The second-order valence-corrected chi connectivity index (χ2v) is 6.11. The van der Waals surface area contributed by atoms with E-state index in [0.29, 0.717) is 12.1 Å². The number of nitrogens with one attached hydrogen (secondary N) is 2. The molecule has 108 valence electrons. The van der Waals surface area contributed by atoms with Crippen LogP contribution >= 0.6 is 0 Å². The zero-order valence-corrected chi connectivity index (χ0v) is 11.6. The molecule has 2 rings (SSSR count). The summed E-state index contributed by atoms with van der Waals surface area (Å²) in [5.74, 6) is -0.309. The Balaban J connectivity index is 1.94. The Morgan fingerprint density at radius 1 is 1.25 bits per heavy atom. The number of hydrogen-bond donors (Lipinski definition) is 3. The third kappa shape index (κ3) is 3.66. The van der Waals surface area contributed by atoms with Crippen molar-refractivity contribution >= 4 is 10.0 Å². The zero-order chi connectivity index (χ0) is 14.6. The summed E-state index contributed by atoms with van der Waals surface area (Å²) < 4.78 is 39.2. The van der Waals surface area contributed by atoms with Crippen molar-refractivity contribution in [2.45, 2.75) is 17.9 Å². The first-order valence-electron chi connectivity index (χ1n) is 6.13. The van der Waals surface area contributed by atoms with Gasteiger partial charge in [0.2, 0.25) is 10.0 Å². The van der Waals surface area contributed by atoms with Crippen molar-refractivity contribution in [2.24, 2.45) is 5.73 Å². The fraction of sp³-hybridized carbons (Fsp3) is 0.231. The zero-order valence-electron chi connectivity index (χ0n) is 10.8. The molecule has 0 fully saturated rings. The van der Waals surface area contributed by atoms with Crippen molar-refractivity contribution in [1.29, 1.82) is 0 Å². The van der Waals surface area contributed by atoms with E-state index in [1.165, 1.54) is 24.4 Å². The molecule has 1 aromatic carbocycles. The maximum absolute atomic E-state index is 12.7. The molecule has 0 bridgehead atoms. The molecular formula is C13H16FN3O2S. The molecule has 4 N–H and O–H groups in total. The average molecular weight is 297 g/mol. The minimum absolute atomic E-state index is 0.164. The van der Waals surface area contributed by atoms with Crippen LogP contribution in [0.4, 0.5) is 4.39 Å². The van der Waals surface area contributed by atoms with E-state index in [4.69, 9.17) is 5.73 Å². The Labute approximate surface area is 117 Å². The molecule has 0 atom stereocenters. The van der Waals surface area contributed by atoms with Crippen molar-refractivity contribution < 1.29 is 12.8 Å². The molecule has 0 saturated carbocycles. The van der Waals surface area contributed by atoms with Gasteiger partial charge in [0, 0.05) is 25.0 Å². The van der Waals surface area contributed by atoms with Gasteiger partial charge in [0.1, 0.15) is 5.82 Å². The van der Waals surface area contributed by atoms with E-state index < -0.39 is 10.0 Å². The predicted molar refractivity (Wildman–Crippen MR) is 74.0 cm³/mol. The van der Waals surface area contributed by atoms with E-state index in [9.17, 15) is 12.8 Å². The predicted octanol–water partition coefficient (Wildman–Crippen LogP) is 1.13. The SMILES string of the molecule is NCc1cc(S(=O)(=O)NCCc2ccc(F)cc2)c[nH]1. The lowest BCUT2D eigenvalue weighted by molar-refractivity contribution is 0.581. The van der Waals surface area contributed by atoms with Gasteiger partial charge >= 0.3 is 0 Å². The highest BCUT2D eigenvalue weighted by Crippen LogP contribution is 2.10. The van der Waals surface area contributed by atoms with Crippen LogP contribution in [0.3, 0.4) is 0 Å². The molecule has 20 heavy (non-hydrogen) atoms. The molecule has 1 aromatic heterocycles. The summed E-state index contributed by atoms with van der Waals surface area (Å²) in [6.07, 6.45) is 1.90. The first-order chi connectivity index (χ1) is 9.51. The number of sulfonamides is 1. The van der Waals surface area contributed by atoms with Crippen LogP contribution in [0.5, 0.6) is 0 Å². The third-order valence-electron chi connectivity index (χ3n) is 2.87. The van der Waals surface area contributed by atoms with E-state index >= 15 is 0 Å². The summed E-state index contributed by atoms with van der Waals surface area (Å²) in [5, 5.41) is 0. The van der Waals surface area contributed by atoms with Gasteiger partial charge in [-0.15, -0.1) is 0 Å². The number of H-pyrrole nitrogens is 1. The fourth-order valence-electron chi connectivity index (χ4n) is 1.76. The summed E-state index contributed by atoms with van der Waals surface area (Å²) in [5.41, 5.74) is 6.94. The number of rotatable bonds is 6. The van der Waals surface area contributed by atoms with Crippen molar-refractivity contribution in [2.75, 3.05) is 6.54 Å². The molecule has 0 aliphatic heterocycles. The highest BCUT2D eigenvalue weighted by Gasteiger charge is 2.14. The lowest BCUT2D eigenvalue weighted by Crippen LogP contribution is -2.25. The number of nitrogens with two attached hydrogens (primary N) is 1. The summed E-state index contributed by atoms with van der Waals surface area (Å²) >= 11 is 0. The molecule has 0 unspecified atom stereocenters. The minimum Gasteiger partial charge on any atom is -0.363 e. The molecule has 0 radical (unpaired) electrons. The van der Waals surface area contributed by atoms with Gasteiger partial charge in [0.25, 0.3) is 0 Å². The van der Waals surface area contributed by atoms with Crippen LogP contribution in [0.1, 0.15) is 11.3 Å². The van der Waals surface area contributed by atoms with Gasteiger partial charge in [0.05, 0.1) is 4.90 Å². The number of hydrogen-bond acceptors (Lipinski definition) is 3. The van der Waals surface area contributed by atoms with E-state index in [2.05, 4.69) is 9.71 Å². The molecule has 0 aliphatic rings. The summed E-state index contributed by atoms with van der Waals surface area (Å²) in [6, 6.07) is 7.46. The first-order valence-corrected chi connectivity index (χ1v) is 7.61. The molecule has 1 heterocycles. The molecule has 7 heteroatoms. The van der Waals surface area contributed by atoms with Crippen LogP contribution in [-0.2, 0) is 23.0 Å². The maximum atomic E-state index is 12.7. The molecule has 0 aliphatic carbocycles. The van der Waals surface area contributed by atoms with Crippen molar-refractivity contribution in [3.05, 3.63) is 53.6 Å². The Hall–Kier alpha value is -1.70. The second-order valence-electron chi connectivity index (χ2n) is 4.34. The highest BCUT2D eigenvalue weighted by molar-refractivity contribution is 7.89. The van der Waals surface area contributed by atoms with Crippen molar-refractivity contribution in [3.8, 4) is 0 Å². The Morgan fingerprint density at radius 3 is 2.55 bits per heavy atom. The number of aromatic nitrogens is 1. The normalized spacial score (nSPS) is 11.7. The smallest absolute Gasteiger partial charge is 0.242 e. The van der Waals surface area contributed by atoms with Gasteiger partial charge in [-0.25, -0.2) is 17.5 Å². The van der Waals surface area contributed by atoms with Gasteiger partial charge < -0.3 is 10.7 Å². The maximum Gasteiger partial charge on any atom is 0.242 e. The van der Waals surface area contributed by atoms with Crippen molar-refractivity contribution in [1.82, 2.24) is 9.71 Å². The molecular weight excluding hydrogens is 281 g/mol. The molecule has 0 amide bonds. The van der Waals surface area contributed by atoms with Crippen LogP contribution in [0.2, 0.25) is 0 Å². The fourth-order valence-corrected chi connectivity index (χ4v) is 2.80. The Bertz CT molecular complexity index is 665. The van der Waals surface area contributed by atoms with E-state index in [0.717, 1.165) is 5.56 Å². The summed E-state index contributed by atoms with van der Waals surface area (Å²) in [7, 11) is -3.54. The molecule has 2 aromatic rings. The van der Waals surface area contributed by atoms with E-state index in [1.54, 1.807) is 12.1 Å². The summed E-state index contributed by atoms with van der Waals surface area (Å²) in [6.45, 7) is 0.502. The first kappa shape index (κ1) is 14.7. The van der Waals surface area contributed by atoms with Crippen molar-refractivity contribution in [3.63, 3.8) is 0 Å². The van der Waals surface area contributed by atoms with Gasteiger partial charge in [0.15, 0.2) is 0 Å². The Morgan fingerprint density at radius 2 is 1.95 bits per heavy atom. The molecule has 0 saturated heterocycles. The monoisotopic (exact) mass is 297 g/mol. The minimum atomic E-state index is -3.54. The van der Waals surface area contributed by atoms with Gasteiger partial charge in [-0.1, -0.05) is 12.1 Å². The topological polar surface area (TPSA) is 88.0 Å². The number of aromatic amines is 1. The lowest BCUT2D eigenvalue weighted by Gasteiger charge is -2.05. The van der Waals surface area contributed by atoms with E-state index in [-0.39, 0.29) is 23.8 Å². The molecule has 5 nitrogen and oxygen atoms in total. The quantitative estimate of drug-likeness (QED) is 0.747. The summed E-state index contributed by atoms with van der Waals surface area (Å²) in [4.78, 5) is 2.95. The van der Waals surface area contributed by atoms with Gasteiger partial charge in [-0.3, -0.25) is 0 Å². The van der Waals surface area contributed by atoms with Crippen LogP contribution < -0.4 is 10.5 Å². The largest absolute Gasteiger partial charge is 0.363 e. The van der Waals surface area contributed by atoms with Gasteiger partial charge in [-0.2, -0.15) is 0 Å². The standard InChI is InChI=1S/C13H16FN3O2S/c14-11-3-1-10(2-4-11)5-6-17-20(18,19)13-7-12(8-15)16-9-13/h1-4,7,9,16-17H,5-6,8,15H2. The number of benzene rings is 1.